The Balaban J connectivity index is 4.06. The first-order valence-electron chi connectivity index (χ1n) is 5.48. The highest BCUT2D eigenvalue weighted by Crippen LogP contribution is 2.29. The van der Waals surface area contributed by atoms with Gasteiger partial charge in [0.1, 0.15) is 6.29 Å². The van der Waals surface area contributed by atoms with Gasteiger partial charge in [-0.3, -0.25) is 0 Å². The quantitative estimate of drug-likeness (QED) is 0.577. The van der Waals surface area contributed by atoms with Gasteiger partial charge in [0.05, 0.1) is 0 Å². The summed E-state index contributed by atoms with van der Waals surface area (Å²) in [5.74, 6) is 2.67. The van der Waals surface area contributed by atoms with Crippen LogP contribution in [0.25, 0.3) is 0 Å². The first-order valence-corrected chi connectivity index (χ1v) is 5.48. The molecule has 0 saturated carbocycles. The summed E-state index contributed by atoms with van der Waals surface area (Å²) in [6.45, 7) is 11.3. The maximum Gasteiger partial charge on any atom is 0.120 e. The van der Waals surface area contributed by atoms with Crippen LogP contribution in [0.5, 0.6) is 0 Å². The third-order valence-electron chi connectivity index (χ3n) is 3.74. The first-order chi connectivity index (χ1) is 6.04. The minimum Gasteiger partial charge on any atom is -0.303 e. The summed E-state index contributed by atoms with van der Waals surface area (Å²) in [4.78, 5) is 10.4. The van der Waals surface area contributed by atoms with E-state index >= 15 is 0 Å². The van der Waals surface area contributed by atoms with E-state index in [9.17, 15) is 4.79 Å². The Morgan fingerprint density at radius 1 is 1.00 bits per heavy atom. The minimum atomic E-state index is 0.529. The van der Waals surface area contributed by atoms with Gasteiger partial charge in [-0.15, -0.1) is 0 Å². The van der Waals surface area contributed by atoms with Crippen molar-refractivity contribution in [3.8, 4) is 0 Å². The van der Waals surface area contributed by atoms with Crippen LogP contribution in [0.1, 0.15) is 47.5 Å². The van der Waals surface area contributed by atoms with Gasteiger partial charge in [-0.05, 0) is 23.7 Å². The van der Waals surface area contributed by atoms with Crippen molar-refractivity contribution in [3.05, 3.63) is 0 Å². The third-order valence-corrected chi connectivity index (χ3v) is 3.74. The van der Waals surface area contributed by atoms with Crippen molar-refractivity contribution < 1.29 is 4.79 Å². The van der Waals surface area contributed by atoms with Crippen molar-refractivity contribution in [2.45, 2.75) is 47.5 Å². The topological polar surface area (TPSA) is 17.1 Å². The van der Waals surface area contributed by atoms with Crippen LogP contribution in [0.3, 0.4) is 0 Å². The SMILES string of the molecule is CCC(C)C(C)C(C)C(C)CC=O. The monoisotopic (exact) mass is 184 g/mol. The highest BCUT2D eigenvalue weighted by molar-refractivity contribution is 5.49. The predicted octanol–water partition coefficient (Wildman–Crippen LogP) is 3.53. The zero-order valence-corrected chi connectivity index (χ0v) is 9.71. The van der Waals surface area contributed by atoms with E-state index in [1.54, 1.807) is 0 Å². The highest BCUT2D eigenvalue weighted by Gasteiger charge is 2.22. The summed E-state index contributed by atoms with van der Waals surface area (Å²) in [5.41, 5.74) is 0. The molecule has 13 heavy (non-hydrogen) atoms. The molecule has 0 rings (SSSR count). The van der Waals surface area contributed by atoms with Gasteiger partial charge in [0.15, 0.2) is 0 Å². The third kappa shape index (κ3) is 3.93. The van der Waals surface area contributed by atoms with Gasteiger partial charge in [-0.1, -0.05) is 41.0 Å². The molecular formula is C12H24O. The Hall–Kier alpha value is -0.330. The summed E-state index contributed by atoms with van der Waals surface area (Å²) >= 11 is 0. The van der Waals surface area contributed by atoms with Gasteiger partial charge >= 0.3 is 0 Å². The first kappa shape index (κ1) is 12.7. The summed E-state index contributed by atoms with van der Waals surface area (Å²) in [6, 6.07) is 0. The molecule has 78 valence electrons. The molecule has 0 aromatic heterocycles. The van der Waals surface area contributed by atoms with Crippen molar-refractivity contribution in [2.24, 2.45) is 23.7 Å². The number of aldehydes is 1. The van der Waals surface area contributed by atoms with Crippen LogP contribution in [0.4, 0.5) is 0 Å². The van der Waals surface area contributed by atoms with E-state index in [0.717, 1.165) is 18.1 Å². The highest BCUT2D eigenvalue weighted by atomic mass is 16.1. The van der Waals surface area contributed by atoms with Crippen LogP contribution in [0.15, 0.2) is 0 Å². The normalized spacial score (nSPS) is 20.4. The lowest BCUT2D eigenvalue weighted by Crippen LogP contribution is -2.22. The molecule has 0 heterocycles. The average Bonchev–Trinajstić information content (AvgIpc) is 2.14. The molecule has 0 amide bonds. The second-order valence-electron chi connectivity index (χ2n) is 4.48. The van der Waals surface area contributed by atoms with Gasteiger partial charge in [0.25, 0.3) is 0 Å². The maximum atomic E-state index is 10.4. The molecule has 0 aromatic rings. The summed E-state index contributed by atoms with van der Waals surface area (Å²) in [6.07, 6.45) is 2.99. The van der Waals surface area contributed by atoms with Gasteiger partial charge in [-0.2, -0.15) is 0 Å². The number of carbonyl (C=O) groups excluding carboxylic acids is 1. The number of hydrogen-bond donors (Lipinski definition) is 0. The van der Waals surface area contributed by atoms with E-state index in [2.05, 4.69) is 34.6 Å². The standard InChI is InChI=1S/C12H24O/c1-6-9(2)11(4)12(5)10(3)7-8-13/h8-12H,6-7H2,1-5H3. The minimum absolute atomic E-state index is 0.529. The number of hydrogen-bond acceptors (Lipinski definition) is 1. The molecule has 0 aliphatic carbocycles. The summed E-state index contributed by atoms with van der Waals surface area (Å²) < 4.78 is 0. The van der Waals surface area contributed by atoms with Crippen LogP contribution in [-0.4, -0.2) is 6.29 Å². The zero-order chi connectivity index (χ0) is 10.4. The Labute approximate surface area is 82.9 Å². The van der Waals surface area contributed by atoms with E-state index in [1.165, 1.54) is 6.42 Å². The zero-order valence-electron chi connectivity index (χ0n) is 9.71. The summed E-state index contributed by atoms with van der Waals surface area (Å²) in [5, 5.41) is 0. The van der Waals surface area contributed by atoms with Crippen LogP contribution in [-0.2, 0) is 4.79 Å². The lowest BCUT2D eigenvalue weighted by molar-refractivity contribution is -0.109. The summed E-state index contributed by atoms with van der Waals surface area (Å²) in [7, 11) is 0. The molecule has 1 heteroatoms. The van der Waals surface area contributed by atoms with Gasteiger partial charge in [-0.25, -0.2) is 0 Å². The number of rotatable bonds is 6. The molecule has 0 radical (unpaired) electrons. The molecule has 0 bridgehead atoms. The van der Waals surface area contributed by atoms with Crippen molar-refractivity contribution in [1.82, 2.24) is 0 Å². The van der Waals surface area contributed by atoms with E-state index in [1.807, 2.05) is 0 Å². The van der Waals surface area contributed by atoms with Gasteiger partial charge in [0.2, 0.25) is 0 Å². The van der Waals surface area contributed by atoms with Crippen molar-refractivity contribution in [3.63, 3.8) is 0 Å². The molecule has 4 atom stereocenters. The maximum absolute atomic E-state index is 10.4. The van der Waals surface area contributed by atoms with E-state index in [0.29, 0.717) is 18.3 Å². The number of carbonyl (C=O) groups is 1. The molecule has 4 unspecified atom stereocenters. The molecule has 0 saturated heterocycles. The molecule has 0 aliphatic heterocycles. The molecular weight excluding hydrogens is 160 g/mol. The fourth-order valence-corrected chi connectivity index (χ4v) is 1.77. The Bertz CT molecular complexity index is 142. The molecule has 0 fully saturated rings. The Morgan fingerprint density at radius 2 is 1.46 bits per heavy atom. The Morgan fingerprint density at radius 3 is 1.85 bits per heavy atom. The molecule has 1 nitrogen and oxygen atoms in total. The van der Waals surface area contributed by atoms with Crippen molar-refractivity contribution >= 4 is 6.29 Å². The second kappa shape index (κ2) is 6.17. The van der Waals surface area contributed by atoms with Crippen molar-refractivity contribution in [2.75, 3.05) is 0 Å². The van der Waals surface area contributed by atoms with Gasteiger partial charge < -0.3 is 4.79 Å². The molecule has 0 aromatic carbocycles. The van der Waals surface area contributed by atoms with Crippen LogP contribution < -0.4 is 0 Å². The smallest absolute Gasteiger partial charge is 0.120 e. The van der Waals surface area contributed by atoms with E-state index in [-0.39, 0.29) is 0 Å². The molecule has 0 N–H and O–H groups in total. The second-order valence-corrected chi connectivity index (χ2v) is 4.48. The van der Waals surface area contributed by atoms with E-state index in [4.69, 9.17) is 0 Å². The van der Waals surface area contributed by atoms with Gasteiger partial charge in [0, 0.05) is 6.42 Å². The van der Waals surface area contributed by atoms with Crippen LogP contribution >= 0.6 is 0 Å². The molecule has 0 spiro atoms. The lowest BCUT2D eigenvalue weighted by Gasteiger charge is -2.29. The van der Waals surface area contributed by atoms with Crippen molar-refractivity contribution in [1.29, 1.82) is 0 Å². The average molecular weight is 184 g/mol. The molecule has 0 aliphatic rings. The fraction of sp³-hybridized carbons (Fsp3) is 0.917. The fourth-order valence-electron chi connectivity index (χ4n) is 1.77. The largest absolute Gasteiger partial charge is 0.303 e. The Kier molecular flexibility index (Phi) is 6.02. The van der Waals surface area contributed by atoms with Crippen LogP contribution in [0.2, 0.25) is 0 Å². The van der Waals surface area contributed by atoms with Crippen LogP contribution in [0, 0.1) is 23.7 Å². The predicted molar refractivity (Wildman–Crippen MR) is 57.6 cm³/mol. The lowest BCUT2D eigenvalue weighted by atomic mass is 9.76. The van der Waals surface area contributed by atoms with E-state index < -0.39 is 0 Å².